The van der Waals surface area contributed by atoms with E-state index in [-0.39, 0.29) is 18.4 Å². The average molecular weight is 408 g/mol. The third-order valence-corrected chi connectivity index (χ3v) is 5.04. The van der Waals surface area contributed by atoms with Crippen molar-refractivity contribution in [3.05, 3.63) is 48.7 Å². The van der Waals surface area contributed by atoms with Crippen LogP contribution in [-0.2, 0) is 11.2 Å². The molecule has 0 aliphatic carbocycles. The zero-order chi connectivity index (χ0) is 20.8. The van der Waals surface area contributed by atoms with Crippen LogP contribution in [0.15, 0.2) is 47.4 Å². The molecule has 2 aromatic heterocycles. The Balaban J connectivity index is 1.29. The molecule has 1 amide bonds. The number of para-hydroxylation sites is 1. The number of ether oxygens (including phenoxy) is 1. The highest BCUT2D eigenvalue weighted by Gasteiger charge is 2.22. The molecule has 4 rings (SSSR count). The summed E-state index contributed by atoms with van der Waals surface area (Å²) in [4.78, 5) is 27.5. The summed E-state index contributed by atoms with van der Waals surface area (Å²) < 4.78 is 10.6. The molecule has 0 radical (unpaired) electrons. The Hall–Kier alpha value is -3.49. The van der Waals surface area contributed by atoms with Crippen molar-refractivity contribution < 1.29 is 14.1 Å². The number of carbonyl (C=O) groups is 1. The predicted molar refractivity (Wildman–Crippen MR) is 110 cm³/mol. The first kappa shape index (κ1) is 19.8. The van der Waals surface area contributed by atoms with Crippen LogP contribution in [0.4, 0.5) is 5.82 Å². The van der Waals surface area contributed by atoms with Gasteiger partial charge in [-0.2, -0.15) is 4.98 Å². The molecule has 156 valence electrons. The molecule has 1 aromatic carbocycles. The SMILES string of the molecule is COc1ccccc1-c1noc(CCC(=O)NC2CCCN(c3cnccn3)C2)n1. The molecule has 0 spiro atoms. The predicted octanol–water partition coefficient (Wildman–Crippen LogP) is 2.25. The van der Waals surface area contributed by atoms with E-state index in [0.717, 1.165) is 37.3 Å². The smallest absolute Gasteiger partial charge is 0.227 e. The van der Waals surface area contributed by atoms with Gasteiger partial charge in [0.2, 0.25) is 17.6 Å². The number of hydrogen-bond donors (Lipinski definition) is 1. The molecular formula is C21H24N6O3. The molecule has 1 saturated heterocycles. The molecule has 0 bridgehead atoms. The van der Waals surface area contributed by atoms with Crippen LogP contribution in [0.3, 0.4) is 0 Å². The maximum Gasteiger partial charge on any atom is 0.227 e. The topological polar surface area (TPSA) is 106 Å². The van der Waals surface area contributed by atoms with Crippen molar-refractivity contribution in [2.24, 2.45) is 0 Å². The van der Waals surface area contributed by atoms with E-state index >= 15 is 0 Å². The number of methoxy groups -OCH3 is 1. The molecule has 9 heteroatoms. The van der Waals surface area contributed by atoms with Crippen molar-refractivity contribution in [3.8, 4) is 17.1 Å². The number of aromatic nitrogens is 4. The van der Waals surface area contributed by atoms with Crippen molar-refractivity contribution in [2.45, 2.75) is 31.7 Å². The summed E-state index contributed by atoms with van der Waals surface area (Å²) in [5.41, 5.74) is 0.755. The molecule has 1 fully saturated rings. The standard InChI is InChI=1S/C21H24N6O3/c1-29-17-7-3-2-6-16(17)21-25-20(30-26-21)9-8-19(28)24-15-5-4-12-27(14-15)18-13-22-10-11-23-18/h2-3,6-7,10-11,13,15H,4-5,8-9,12,14H2,1H3,(H,24,28). The molecule has 3 aromatic rings. The Morgan fingerprint density at radius 1 is 1.33 bits per heavy atom. The van der Waals surface area contributed by atoms with E-state index in [4.69, 9.17) is 9.26 Å². The number of anilines is 1. The Labute approximate surface area is 174 Å². The van der Waals surface area contributed by atoms with E-state index in [0.29, 0.717) is 23.9 Å². The Morgan fingerprint density at radius 3 is 3.07 bits per heavy atom. The van der Waals surface area contributed by atoms with Gasteiger partial charge in [-0.15, -0.1) is 0 Å². The first-order valence-corrected chi connectivity index (χ1v) is 9.99. The van der Waals surface area contributed by atoms with E-state index < -0.39 is 0 Å². The van der Waals surface area contributed by atoms with Crippen LogP contribution >= 0.6 is 0 Å². The largest absolute Gasteiger partial charge is 0.496 e. The van der Waals surface area contributed by atoms with E-state index in [9.17, 15) is 4.79 Å². The van der Waals surface area contributed by atoms with Crippen molar-refractivity contribution >= 4 is 11.7 Å². The summed E-state index contributed by atoms with van der Waals surface area (Å²) >= 11 is 0. The van der Waals surface area contributed by atoms with Crippen LogP contribution in [0.1, 0.15) is 25.2 Å². The number of nitrogens with zero attached hydrogens (tertiary/aromatic N) is 5. The summed E-state index contributed by atoms with van der Waals surface area (Å²) in [6.45, 7) is 1.64. The normalized spacial score (nSPS) is 16.3. The molecule has 1 unspecified atom stereocenters. The second-order valence-corrected chi connectivity index (χ2v) is 7.13. The van der Waals surface area contributed by atoms with Gasteiger partial charge in [0.05, 0.1) is 18.9 Å². The fourth-order valence-corrected chi connectivity index (χ4v) is 3.57. The third kappa shape index (κ3) is 4.73. The van der Waals surface area contributed by atoms with E-state index in [1.165, 1.54) is 0 Å². The van der Waals surface area contributed by atoms with E-state index in [1.807, 2.05) is 24.3 Å². The molecule has 9 nitrogen and oxygen atoms in total. The Bertz CT molecular complexity index is 978. The van der Waals surface area contributed by atoms with Gasteiger partial charge in [0.15, 0.2) is 0 Å². The van der Waals surface area contributed by atoms with Gasteiger partial charge in [-0.3, -0.25) is 9.78 Å². The second kappa shape index (κ2) is 9.34. The van der Waals surface area contributed by atoms with E-state index in [2.05, 4.69) is 30.3 Å². The highest BCUT2D eigenvalue weighted by atomic mass is 16.5. The van der Waals surface area contributed by atoms with Crippen LogP contribution in [0, 0.1) is 0 Å². The van der Waals surface area contributed by atoms with Crippen molar-refractivity contribution in [3.63, 3.8) is 0 Å². The van der Waals surface area contributed by atoms with Gasteiger partial charge < -0.3 is 19.5 Å². The second-order valence-electron chi connectivity index (χ2n) is 7.13. The summed E-state index contributed by atoms with van der Waals surface area (Å²) in [5.74, 6) is 2.36. The molecule has 3 heterocycles. The molecule has 1 atom stereocenters. The highest BCUT2D eigenvalue weighted by Crippen LogP contribution is 2.27. The summed E-state index contributed by atoms with van der Waals surface area (Å²) in [6, 6.07) is 7.56. The number of amides is 1. The van der Waals surface area contributed by atoms with Crippen molar-refractivity contribution in [2.75, 3.05) is 25.1 Å². The van der Waals surface area contributed by atoms with Crippen LogP contribution in [0.2, 0.25) is 0 Å². The molecule has 30 heavy (non-hydrogen) atoms. The summed E-state index contributed by atoms with van der Waals surface area (Å²) in [5, 5.41) is 7.12. The minimum atomic E-state index is -0.0296. The molecule has 1 N–H and O–H groups in total. The molecule has 0 saturated carbocycles. The maximum absolute atomic E-state index is 12.4. The zero-order valence-electron chi connectivity index (χ0n) is 16.8. The average Bonchev–Trinajstić information content (AvgIpc) is 3.27. The lowest BCUT2D eigenvalue weighted by Crippen LogP contribution is -2.48. The van der Waals surface area contributed by atoms with Crippen LogP contribution in [0.5, 0.6) is 5.75 Å². The Kier molecular flexibility index (Phi) is 6.17. The van der Waals surface area contributed by atoms with Gasteiger partial charge in [0, 0.05) is 44.4 Å². The van der Waals surface area contributed by atoms with Gasteiger partial charge in [-0.1, -0.05) is 17.3 Å². The minimum Gasteiger partial charge on any atom is -0.496 e. The minimum absolute atomic E-state index is 0.0296. The number of nitrogens with one attached hydrogen (secondary N) is 1. The fraction of sp³-hybridized carbons (Fsp3) is 0.381. The first-order valence-electron chi connectivity index (χ1n) is 9.99. The number of hydrogen-bond acceptors (Lipinski definition) is 8. The van der Waals surface area contributed by atoms with Gasteiger partial charge in [-0.25, -0.2) is 4.98 Å². The van der Waals surface area contributed by atoms with Crippen LogP contribution in [0.25, 0.3) is 11.4 Å². The van der Waals surface area contributed by atoms with Gasteiger partial charge >= 0.3 is 0 Å². The Morgan fingerprint density at radius 2 is 2.23 bits per heavy atom. The molecule has 1 aliphatic heterocycles. The van der Waals surface area contributed by atoms with Gasteiger partial charge in [-0.05, 0) is 25.0 Å². The number of aryl methyl sites for hydroxylation is 1. The number of carbonyl (C=O) groups excluding carboxylic acids is 1. The van der Waals surface area contributed by atoms with Crippen molar-refractivity contribution in [1.82, 2.24) is 25.4 Å². The number of rotatable bonds is 7. The van der Waals surface area contributed by atoms with E-state index in [1.54, 1.807) is 25.7 Å². The maximum atomic E-state index is 12.4. The summed E-state index contributed by atoms with van der Waals surface area (Å²) in [6.07, 6.45) is 7.70. The lowest BCUT2D eigenvalue weighted by atomic mass is 10.1. The van der Waals surface area contributed by atoms with Crippen LogP contribution < -0.4 is 15.0 Å². The molecule has 1 aliphatic rings. The molecular weight excluding hydrogens is 384 g/mol. The zero-order valence-corrected chi connectivity index (χ0v) is 16.8. The fourth-order valence-electron chi connectivity index (χ4n) is 3.57. The quantitative estimate of drug-likeness (QED) is 0.634. The lowest BCUT2D eigenvalue weighted by Gasteiger charge is -2.33. The highest BCUT2D eigenvalue weighted by molar-refractivity contribution is 5.76. The van der Waals surface area contributed by atoms with Crippen LogP contribution in [-0.4, -0.2) is 52.3 Å². The number of benzene rings is 1. The summed E-state index contributed by atoms with van der Waals surface area (Å²) in [7, 11) is 1.60. The monoisotopic (exact) mass is 408 g/mol. The lowest BCUT2D eigenvalue weighted by molar-refractivity contribution is -0.121. The van der Waals surface area contributed by atoms with Gasteiger partial charge in [0.25, 0.3) is 0 Å². The third-order valence-electron chi connectivity index (χ3n) is 5.04. The van der Waals surface area contributed by atoms with Crippen molar-refractivity contribution in [1.29, 1.82) is 0 Å². The van der Waals surface area contributed by atoms with Gasteiger partial charge in [0.1, 0.15) is 11.6 Å². The number of piperidine rings is 1. The first-order chi connectivity index (χ1) is 14.7.